The van der Waals surface area contributed by atoms with E-state index in [1.54, 1.807) is 11.0 Å². The molecule has 1 amide bonds. The van der Waals surface area contributed by atoms with Crippen molar-refractivity contribution >= 4 is 22.8 Å². The number of piperidine rings is 1. The zero-order chi connectivity index (χ0) is 20.9. The molecule has 0 radical (unpaired) electrons. The molecule has 1 saturated heterocycles. The minimum absolute atomic E-state index is 0.0756. The number of fused-ring (bicyclic) bond motifs is 1. The molecule has 156 valence electrons. The number of ether oxygens (including phenoxy) is 2. The molecule has 6 heteroatoms. The molecular weight excluding hydrogens is 382 g/mol. The number of carbonyl (C=O) groups is 2. The van der Waals surface area contributed by atoms with E-state index >= 15 is 0 Å². The maximum Gasteiger partial charge on any atom is 0.375 e. The van der Waals surface area contributed by atoms with Crippen LogP contribution < -0.4 is 4.74 Å². The smallest absolute Gasteiger partial charge is 0.375 e. The van der Waals surface area contributed by atoms with E-state index < -0.39 is 5.97 Å². The van der Waals surface area contributed by atoms with Crippen molar-refractivity contribution in [2.45, 2.75) is 38.8 Å². The van der Waals surface area contributed by atoms with Crippen LogP contribution in [0.4, 0.5) is 0 Å². The van der Waals surface area contributed by atoms with Crippen molar-refractivity contribution in [1.82, 2.24) is 4.90 Å². The van der Waals surface area contributed by atoms with Crippen molar-refractivity contribution in [3.63, 3.8) is 0 Å². The summed E-state index contributed by atoms with van der Waals surface area (Å²) in [5.74, 6) is -0.0624. The van der Waals surface area contributed by atoms with Gasteiger partial charge in [-0.2, -0.15) is 0 Å². The van der Waals surface area contributed by atoms with Gasteiger partial charge < -0.3 is 18.8 Å². The van der Waals surface area contributed by atoms with E-state index in [1.807, 2.05) is 55.5 Å². The molecular formula is C24H25NO5. The highest BCUT2D eigenvalue weighted by Crippen LogP contribution is 2.28. The average Bonchev–Trinajstić information content (AvgIpc) is 3.15. The van der Waals surface area contributed by atoms with Gasteiger partial charge in [0.25, 0.3) is 5.91 Å². The van der Waals surface area contributed by atoms with Gasteiger partial charge in [-0.15, -0.1) is 0 Å². The van der Waals surface area contributed by atoms with Crippen molar-refractivity contribution in [2.75, 3.05) is 13.2 Å². The number of furan rings is 1. The van der Waals surface area contributed by atoms with Crippen LogP contribution >= 0.6 is 0 Å². The standard InChI is InChI=1S/C24H25NO5/c1-17-9-7-8-14-25(17)22(26)16-29-24(27)23-20(15-28-18-10-3-2-4-11-18)19-12-5-6-13-21(19)30-23/h2-6,10-13,17H,7-9,14-16H2,1H3/t17-/m0/s1. The van der Waals surface area contributed by atoms with Crippen LogP contribution in [0.1, 0.15) is 42.3 Å². The van der Waals surface area contributed by atoms with Crippen LogP contribution in [0.15, 0.2) is 59.0 Å². The van der Waals surface area contributed by atoms with E-state index in [1.165, 1.54) is 0 Å². The Labute approximate surface area is 175 Å². The van der Waals surface area contributed by atoms with Crippen molar-refractivity contribution in [2.24, 2.45) is 0 Å². The van der Waals surface area contributed by atoms with Crippen LogP contribution in [0.25, 0.3) is 11.0 Å². The Hall–Kier alpha value is -3.28. The summed E-state index contributed by atoms with van der Waals surface area (Å²) in [6.45, 7) is 2.59. The number of hydrogen-bond donors (Lipinski definition) is 0. The molecule has 0 unspecified atom stereocenters. The molecule has 3 aromatic rings. The third kappa shape index (κ3) is 4.32. The monoisotopic (exact) mass is 407 g/mol. The second kappa shape index (κ2) is 9.03. The van der Waals surface area contributed by atoms with E-state index in [-0.39, 0.29) is 30.9 Å². The van der Waals surface area contributed by atoms with Gasteiger partial charge in [-0.3, -0.25) is 4.79 Å². The van der Waals surface area contributed by atoms with Gasteiger partial charge in [0.1, 0.15) is 17.9 Å². The van der Waals surface area contributed by atoms with Crippen LogP contribution in [0.3, 0.4) is 0 Å². The number of nitrogens with zero attached hydrogens (tertiary/aromatic N) is 1. The van der Waals surface area contributed by atoms with Crippen molar-refractivity contribution < 1.29 is 23.5 Å². The molecule has 30 heavy (non-hydrogen) atoms. The van der Waals surface area contributed by atoms with Gasteiger partial charge in [-0.1, -0.05) is 36.4 Å². The molecule has 1 fully saturated rings. The van der Waals surface area contributed by atoms with E-state index in [2.05, 4.69) is 0 Å². The van der Waals surface area contributed by atoms with Crippen molar-refractivity contribution in [1.29, 1.82) is 0 Å². The molecule has 2 aromatic carbocycles. The fourth-order valence-corrected chi connectivity index (χ4v) is 3.82. The molecule has 1 aliphatic heterocycles. The third-order valence-corrected chi connectivity index (χ3v) is 5.46. The largest absolute Gasteiger partial charge is 0.489 e. The highest BCUT2D eigenvalue weighted by atomic mass is 16.5. The maximum atomic E-state index is 12.8. The summed E-state index contributed by atoms with van der Waals surface area (Å²) >= 11 is 0. The lowest BCUT2D eigenvalue weighted by atomic mass is 10.0. The molecule has 0 aliphatic carbocycles. The Kier molecular flexibility index (Phi) is 6.02. The molecule has 0 spiro atoms. The maximum absolute atomic E-state index is 12.8. The zero-order valence-electron chi connectivity index (χ0n) is 17.0. The van der Waals surface area contributed by atoms with Crippen LogP contribution in [-0.2, 0) is 16.1 Å². The number of rotatable bonds is 6. The first-order valence-electron chi connectivity index (χ1n) is 10.3. The van der Waals surface area contributed by atoms with E-state index in [4.69, 9.17) is 13.9 Å². The predicted octanol–water partition coefficient (Wildman–Crippen LogP) is 4.57. The molecule has 0 saturated carbocycles. The Morgan fingerprint density at radius 3 is 2.63 bits per heavy atom. The van der Waals surface area contributed by atoms with Crippen molar-refractivity contribution in [3.05, 3.63) is 65.9 Å². The van der Waals surface area contributed by atoms with Crippen molar-refractivity contribution in [3.8, 4) is 5.75 Å². The summed E-state index contributed by atoms with van der Waals surface area (Å²) in [6.07, 6.45) is 3.08. The lowest BCUT2D eigenvalue weighted by Gasteiger charge is -2.33. The number of para-hydroxylation sites is 2. The van der Waals surface area contributed by atoms with Crippen LogP contribution in [0.2, 0.25) is 0 Å². The molecule has 1 atom stereocenters. The quantitative estimate of drug-likeness (QED) is 0.560. The predicted molar refractivity (Wildman–Crippen MR) is 112 cm³/mol. The van der Waals surface area contributed by atoms with Gasteiger partial charge in [-0.05, 0) is 44.4 Å². The first-order chi connectivity index (χ1) is 14.6. The SMILES string of the molecule is C[C@H]1CCCCN1C(=O)COC(=O)c1oc2ccccc2c1COc1ccccc1. The summed E-state index contributed by atoms with van der Waals surface area (Å²) in [7, 11) is 0. The van der Waals surface area contributed by atoms with E-state index in [0.29, 0.717) is 23.4 Å². The molecule has 0 N–H and O–H groups in total. The highest BCUT2D eigenvalue weighted by Gasteiger charge is 2.26. The molecule has 2 heterocycles. The Morgan fingerprint density at radius 1 is 1.07 bits per heavy atom. The average molecular weight is 407 g/mol. The molecule has 6 nitrogen and oxygen atoms in total. The normalized spacial score (nSPS) is 16.4. The zero-order valence-corrected chi connectivity index (χ0v) is 17.0. The van der Waals surface area contributed by atoms with Gasteiger partial charge in [0.15, 0.2) is 6.61 Å². The van der Waals surface area contributed by atoms with Gasteiger partial charge in [0, 0.05) is 18.0 Å². The molecule has 1 aliphatic rings. The van der Waals surface area contributed by atoms with Gasteiger partial charge in [0.2, 0.25) is 5.76 Å². The first kappa shape index (κ1) is 20.0. The minimum atomic E-state index is -0.657. The first-order valence-corrected chi connectivity index (χ1v) is 10.3. The highest BCUT2D eigenvalue weighted by molar-refractivity contribution is 5.96. The molecule has 1 aromatic heterocycles. The third-order valence-electron chi connectivity index (χ3n) is 5.46. The number of esters is 1. The lowest BCUT2D eigenvalue weighted by molar-refractivity contribution is -0.137. The van der Waals surface area contributed by atoms with Gasteiger partial charge in [0.05, 0.1) is 5.56 Å². The summed E-state index contributed by atoms with van der Waals surface area (Å²) in [4.78, 5) is 27.1. The van der Waals surface area contributed by atoms with E-state index in [9.17, 15) is 9.59 Å². The fraction of sp³-hybridized carbons (Fsp3) is 0.333. The van der Waals surface area contributed by atoms with Gasteiger partial charge >= 0.3 is 5.97 Å². The molecule has 0 bridgehead atoms. The fourth-order valence-electron chi connectivity index (χ4n) is 3.82. The van der Waals surface area contributed by atoms with Crippen LogP contribution in [0.5, 0.6) is 5.75 Å². The summed E-state index contributed by atoms with van der Waals surface area (Å²) in [5.41, 5.74) is 1.19. The number of likely N-dealkylation sites (tertiary alicyclic amines) is 1. The number of carbonyl (C=O) groups excluding carboxylic acids is 2. The topological polar surface area (TPSA) is 69.0 Å². The summed E-state index contributed by atoms with van der Waals surface area (Å²) < 4.78 is 16.9. The Bertz CT molecular complexity index is 1030. The number of benzene rings is 2. The lowest BCUT2D eigenvalue weighted by Crippen LogP contribution is -2.44. The van der Waals surface area contributed by atoms with Crippen LogP contribution in [-0.4, -0.2) is 36.0 Å². The van der Waals surface area contributed by atoms with Gasteiger partial charge in [-0.25, -0.2) is 4.79 Å². The second-order valence-corrected chi connectivity index (χ2v) is 7.52. The Balaban J connectivity index is 1.49. The summed E-state index contributed by atoms with van der Waals surface area (Å²) in [5, 5.41) is 0.788. The Morgan fingerprint density at radius 2 is 1.83 bits per heavy atom. The van der Waals surface area contributed by atoms with Crippen LogP contribution in [0, 0.1) is 0 Å². The summed E-state index contributed by atoms with van der Waals surface area (Å²) in [6, 6.07) is 16.9. The number of hydrogen-bond acceptors (Lipinski definition) is 5. The minimum Gasteiger partial charge on any atom is -0.489 e. The molecule has 4 rings (SSSR count). The second-order valence-electron chi connectivity index (χ2n) is 7.52. The van der Waals surface area contributed by atoms with E-state index in [0.717, 1.165) is 24.6 Å². The number of amides is 1.